The minimum atomic E-state index is 1.03. The van der Waals surface area contributed by atoms with Gasteiger partial charge in [0.2, 0.25) is 0 Å². The van der Waals surface area contributed by atoms with Gasteiger partial charge in [-0.05, 0) is 66.6 Å². The number of fused-ring (bicyclic) bond motifs is 4. The van der Waals surface area contributed by atoms with E-state index in [2.05, 4.69) is 0 Å². The summed E-state index contributed by atoms with van der Waals surface area (Å²) < 4.78 is 0. The molecule has 5 saturated carbocycles. The maximum Gasteiger partial charge on any atom is -0.0199 e. The number of hydrogen-bond donors (Lipinski definition) is 0. The minimum absolute atomic E-state index is 1.03. The van der Waals surface area contributed by atoms with Crippen LogP contribution in [0.4, 0.5) is 0 Å². The largest absolute Gasteiger partial charge is 0.0470 e. The van der Waals surface area contributed by atoms with Gasteiger partial charge < -0.3 is 0 Å². The third-order valence-corrected chi connectivity index (χ3v) is 6.12. The van der Waals surface area contributed by atoms with Gasteiger partial charge in [0, 0.05) is 0 Å². The van der Waals surface area contributed by atoms with Gasteiger partial charge in [0.1, 0.15) is 0 Å². The molecule has 2 bridgehead atoms. The van der Waals surface area contributed by atoms with E-state index >= 15 is 0 Å². The molecule has 0 aromatic carbocycles. The Balaban J connectivity index is 1.78. The van der Waals surface area contributed by atoms with Crippen molar-refractivity contribution >= 4 is 0 Å². The van der Waals surface area contributed by atoms with Crippen molar-refractivity contribution < 1.29 is 0 Å². The lowest BCUT2D eigenvalue weighted by atomic mass is 9.36. The molecular formula is C11H14. The quantitative estimate of drug-likeness (QED) is 0.492. The van der Waals surface area contributed by atoms with Gasteiger partial charge in [0.25, 0.3) is 0 Å². The van der Waals surface area contributed by atoms with Crippen LogP contribution in [0.3, 0.4) is 0 Å². The summed E-state index contributed by atoms with van der Waals surface area (Å²) in [7, 11) is 0. The fraction of sp³-hybridized carbons (Fsp3) is 1.00. The Morgan fingerprint density at radius 3 is 2.55 bits per heavy atom. The first kappa shape index (κ1) is 4.89. The Hall–Kier alpha value is 0. The van der Waals surface area contributed by atoms with E-state index < -0.39 is 0 Å². The molecular weight excluding hydrogens is 132 g/mol. The van der Waals surface area contributed by atoms with Crippen LogP contribution in [0.25, 0.3) is 0 Å². The van der Waals surface area contributed by atoms with Crippen LogP contribution < -0.4 is 0 Å². The highest BCUT2D eigenvalue weighted by atomic mass is 14.9. The molecule has 5 rings (SSSR count). The fourth-order valence-electron chi connectivity index (χ4n) is 6.18. The SMILES string of the molecule is C1C2CC3C1C1C4CC4C31C2. The molecule has 5 fully saturated rings. The van der Waals surface area contributed by atoms with Gasteiger partial charge in [-0.1, -0.05) is 0 Å². The highest BCUT2D eigenvalue weighted by Crippen LogP contribution is 2.91. The number of hydrogen-bond acceptors (Lipinski definition) is 0. The summed E-state index contributed by atoms with van der Waals surface area (Å²) in [6.45, 7) is 0. The van der Waals surface area contributed by atoms with Crippen molar-refractivity contribution in [1.82, 2.24) is 0 Å². The minimum Gasteiger partial charge on any atom is -0.0470 e. The van der Waals surface area contributed by atoms with Crippen LogP contribution in [-0.4, -0.2) is 0 Å². The van der Waals surface area contributed by atoms with Gasteiger partial charge in [-0.25, -0.2) is 0 Å². The maximum absolute atomic E-state index is 1.68. The smallest absolute Gasteiger partial charge is 0.0199 e. The summed E-state index contributed by atoms with van der Waals surface area (Å²) in [5.41, 5.74) is 1.03. The first-order valence-corrected chi connectivity index (χ1v) is 5.41. The van der Waals surface area contributed by atoms with E-state index in [-0.39, 0.29) is 0 Å². The summed E-state index contributed by atoms with van der Waals surface area (Å²) in [6.07, 6.45) is 6.65. The lowest BCUT2D eigenvalue weighted by Crippen LogP contribution is -2.63. The van der Waals surface area contributed by atoms with E-state index in [1.165, 1.54) is 35.5 Å². The molecule has 7 unspecified atom stereocenters. The monoisotopic (exact) mass is 146 g/mol. The van der Waals surface area contributed by atoms with Gasteiger partial charge in [0.15, 0.2) is 0 Å². The molecule has 0 heterocycles. The van der Waals surface area contributed by atoms with Gasteiger partial charge >= 0.3 is 0 Å². The normalized spacial score (nSPS) is 85.1. The van der Waals surface area contributed by atoms with Crippen molar-refractivity contribution in [2.45, 2.75) is 25.7 Å². The predicted octanol–water partition coefficient (Wildman–Crippen LogP) is 2.30. The second-order valence-corrected chi connectivity index (χ2v) is 5.96. The summed E-state index contributed by atoms with van der Waals surface area (Å²) in [6, 6.07) is 0. The van der Waals surface area contributed by atoms with Crippen molar-refractivity contribution in [3.8, 4) is 0 Å². The van der Waals surface area contributed by atoms with E-state index in [9.17, 15) is 0 Å². The molecule has 11 heavy (non-hydrogen) atoms. The first-order chi connectivity index (χ1) is 5.41. The van der Waals surface area contributed by atoms with Gasteiger partial charge in [0.05, 0.1) is 0 Å². The van der Waals surface area contributed by atoms with Crippen LogP contribution >= 0.6 is 0 Å². The average Bonchev–Trinajstić information content (AvgIpc) is 2.47. The standard InChI is InChI=1S/C11H14/c1-5-2-8-6(1)10-7-3-9(7)11(8,10)4-5/h5-10H,1-4H2. The summed E-state index contributed by atoms with van der Waals surface area (Å²) in [5.74, 6) is 7.58. The molecule has 0 N–H and O–H groups in total. The molecule has 7 atom stereocenters. The van der Waals surface area contributed by atoms with Crippen LogP contribution in [0.2, 0.25) is 0 Å². The van der Waals surface area contributed by atoms with E-state index in [0.717, 1.165) is 5.41 Å². The average molecular weight is 146 g/mol. The summed E-state index contributed by atoms with van der Waals surface area (Å²) in [5, 5.41) is 0. The topological polar surface area (TPSA) is 0 Å². The van der Waals surface area contributed by atoms with Crippen LogP contribution in [-0.2, 0) is 0 Å². The summed E-state index contributed by atoms with van der Waals surface area (Å²) >= 11 is 0. The molecule has 0 aromatic heterocycles. The van der Waals surface area contributed by atoms with Crippen molar-refractivity contribution in [2.75, 3.05) is 0 Å². The van der Waals surface area contributed by atoms with Crippen LogP contribution in [0.5, 0.6) is 0 Å². The van der Waals surface area contributed by atoms with Crippen molar-refractivity contribution in [3.63, 3.8) is 0 Å². The van der Waals surface area contributed by atoms with E-state index in [1.54, 1.807) is 25.7 Å². The third-order valence-electron chi connectivity index (χ3n) is 6.12. The highest BCUT2D eigenvalue weighted by Gasteiger charge is 2.85. The zero-order valence-electron chi connectivity index (χ0n) is 6.79. The van der Waals surface area contributed by atoms with Crippen LogP contribution in [0.15, 0.2) is 0 Å². The Labute approximate surface area is 67.4 Å². The molecule has 0 radical (unpaired) electrons. The summed E-state index contributed by atoms with van der Waals surface area (Å²) in [4.78, 5) is 0. The molecule has 0 heteroatoms. The second-order valence-electron chi connectivity index (χ2n) is 5.96. The third kappa shape index (κ3) is 0.267. The Morgan fingerprint density at radius 2 is 1.73 bits per heavy atom. The lowest BCUT2D eigenvalue weighted by Gasteiger charge is -2.68. The molecule has 0 aromatic rings. The molecule has 0 saturated heterocycles. The first-order valence-electron chi connectivity index (χ1n) is 5.41. The molecule has 1 spiro atoms. The Morgan fingerprint density at radius 1 is 0.909 bits per heavy atom. The van der Waals surface area contributed by atoms with Crippen LogP contribution in [0, 0.1) is 40.9 Å². The van der Waals surface area contributed by atoms with Crippen molar-refractivity contribution in [3.05, 3.63) is 0 Å². The molecule has 0 nitrogen and oxygen atoms in total. The van der Waals surface area contributed by atoms with E-state index in [4.69, 9.17) is 0 Å². The number of rotatable bonds is 0. The fourth-order valence-corrected chi connectivity index (χ4v) is 6.18. The van der Waals surface area contributed by atoms with Crippen LogP contribution in [0.1, 0.15) is 25.7 Å². The lowest BCUT2D eigenvalue weighted by molar-refractivity contribution is -0.207. The van der Waals surface area contributed by atoms with Gasteiger partial charge in [-0.3, -0.25) is 0 Å². The zero-order chi connectivity index (χ0) is 6.79. The van der Waals surface area contributed by atoms with Gasteiger partial charge in [-0.15, -0.1) is 0 Å². The van der Waals surface area contributed by atoms with E-state index in [1.807, 2.05) is 0 Å². The molecule has 58 valence electrons. The molecule has 5 aliphatic carbocycles. The van der Waals surface area contributed by atoms with Crippen molar-refractivity contribution in [1.29, 1.82) is 0 Å². The Bertz CT molecular complexity index is 259. The highest BCUT2D eigenvalue weighted by molar-refractivity contribution is 5.33. The molecule has 0 aliphatic heterocycles. The van der Waals surface area contributed by atoms with E-state index in [0.29, 0.717) is 0 Å². The second kappa shape index (κ2) is 1.03. The molecule has 5 aliphatic rings. The predicted molar refractivity (Wildman–Crippen MR) is 41.8 cm³/mol. The van der Waals surface area contributed by atoms with Crippen molar-refractivity contribution in [2.24, 2.45) is 40.9 Å². The Kier molecular flexibility index (Phi) is 0.459. The van der Waals surface area contributed by atoms with Gasteiger partial charge in [-0.2, -0.15) is 0 Å². The molecule has 0 amide bonds. The zero-order valence-corrected chi connectivity index (χ0v) is 6.79. The maximum atomic E-state index is 1.68.